The number of sulfonamides is 1. The molecule has 2 amide bonds. The molecule has 154 valence electrons. The van der Waals surface area contributed by atoms with E-state index in [1.165, 1.54) is 21.1 Å². The number of hydrogen-bond acceptors (Lipinski definition) is 5. The van der Waals surface area contributed by atoms with E-state index in [0.717, 1.165) is 5.56 Å². The summed E-state index contributed by atoms with van der Waals surface area (Å²) in [6.07, 6.45) is 1.76. The quantitative estimate of drug-likeness (QED) is 0.724. The molecule has 0 unspecified atom stereocenters. The molecule has 0 spiro atoms. The van der Waals surface area contributed by atoms with E-state index in [4.69, 9.17) is 0 Å². The topological polar surface area (TPSA) is 86.8 Å². The smallest absolute Gasteiger partial charge is 0.261 e. The molecule has 1 saturated heterocycles. The summed E-state index contributed by atoms with van der Waals surface area (Å²) in [5.74, 6) is -0.276. The lowest BCUT2D eigenvalue weighted by Crippen LogP contribution is -2.50. The molecule has 3 rings (SSSR count). The predicted octanol–water partition coefficient (Wildman–Crippen LogP) is 2.01. The Morgan fingerprint density at radius 3 is 2.41 bits per heavy atom. The Kier molecular flexibility index (Phi) is 7.18. The zero-order valence-electron chi connectivity index (χ0n) is 15.9. The molecule has 2 heterocycles. The van der Waals surface area contributed by atoms with Gasteiger partial charge in [0.05, 0.1) is 4.88 Å². The van der Waals surface area contributed by atoms with Gasteiger partial charge in [0.1, 0.15) is 0 Å². The van der Waals surface area contributed by atoms with Gasteiger partial charge in [-0.1, -0.05) is 36.4 Å². The van der Waals surface area contributed by atoms with E-state index >= 15 is 0 Å². The normalized spacial score (nSPS) is 15.5. The highest BCUT2D eigenvalue weighted by Gasteiger charge is 2.27. The van der Waals surface area contributed by atoms with Gasteiger partial charge in [0.2, 0.25) is 15.9 Å². The number of rotatable bonds is 7. The third-order valence-corrected chi connectivity index (χ3v) is 6.99. The molecule has 1 aromatic heterocycles. The van der Waals surface area contributed by atoms with Crippen molar-refractivity contribution in [2.75, 3.05) is 32.7 Å². The summed E-state index contributed by atoms with van der Waals surface area (Å²) in [6.45, 7) is 1.46. The first-order chi connectivity index (χ1) is 14.0. The van der Waals surface area contributed by atoms with Gasteiger partial charge < -0.3 is 10.2 Å². The first kappa shape index (κ1) is 21.2. The average Bonchev–Trinajstić information content (AvgIpc) is 3.28. The minimum Gasteiger partial charge on any atom is -0.351 e. The number of carbonyl (C=O) groups excluding carboxylic acids is 2. The molecular weight excluding hydrogens is 410 g/mol. The van der Waals surface area contributed by atoms with E-state index in [0.29, 0.717) is 18.0 Å². The van der Waals surface area contributed by atoms with E-state index in [2.05, 4.69) is 5.32 Å². The van der Waals surface area contributed by atoms with Gasteiger partial charge in [0, 0.05) is 44.6 Å². The van der Waals surface area contributed by atoms with Crippen LogP contribution in [0.1, 0.15) is 21.7 Å². The number of nitrogens with one attached hydrogen (secondary N) is 1. The lowest BCUT2D eigenvalue weighted by molar-refractivity contribution is -0.132. The number of benzene rings is 1. The Bertz CT molecular complexity index is 949. The first-order valence-corrected chi connectivity index (χ1v) is 11.7. The number of hydrogen-bond donors (Lipinski definition) is 1. The van der Waals surface area contributed by atoms with Crippen LogP contribution in [0.5, 0.6) is 0 Å². The Labute approximate surface area is 174 Å². The minimum atomic E-state index is -3.52. The number of thiophene rings is 1. The molecule has 1 N–H and O–H groups in total. The van der Waals surface area contributed by atoms with Crippen LogP contribution in [-0.2, 0) is 14.8 Å². The molecule has 1 fully saturated rings. The highest BCUT2D eigenvalue weighted by molar-refractivity contribution is 7.92. The maximum Gasteiger partial charge on any atom is 0.261 e. The number of amides is 2. The first-order valence-electron chi connectivity index (χ1n) is 9.28. The largest absolute Gasteiger partial charge is 0.351 e. The molecule has 0 bridgehead atoms. The molecule has 1 aromatic carbocycles. The summed E-state index contributed by atoms with van der Waals surface area (Å²) in [5.41, 5.74) is 0.814. The molecule has 9 heteroatoms. The number of nitrogens with zero attached hydrogens (tertiary/aromatic N) is 2. The molecule has 0 saturated carbocycles. The van der Waals surface area contributed by atoms with Gasteiger partial charge >= 0.3 is 0 Å². The van der Waals surface area contributed by atoms with Crippen molar-refractivity contribution in [3.63, 3.8) is 0 Å². The summed E-state index contributed by atoms with van der Waals surface area (Å²) in [4.78, 5) is 26.5. The molecule has 29 heavy (non-hydrogen) atoms. The fourth-order valence-corrected chi connectivity index (χ4v) is 4.76. The predicted molar refractivity (Wildman–Crippen MR) is 114 cm³/mol. The monoisotopic (exact) mass is 433 g/mol. The summed E-state index contributed by atoms with van der Waals surface area (Å²) >= 11 is 1.35. The van der Waals surface area contributed by atoms with Gasteiger partial charge in [0.25, 0.3) is 5.91 Å². The van der Waals surface area contributed by atoms with Crippen LogP contribution < -0.4 is 5.32 Å². The van der Waals surface area contributed by atoms with Gasteiger partial charge in [-0.3, -0.25) is 9.59 Å². The summed E-state index contributed by atoms with van der Waals surface area (Å²) < 4.78 is 26.4. The maximum absolute atomic E-state index is 12.5. The van der Waals surface area contributed by atoms with E-state index in [9.17, 15) is 18.0 Å². The number of carbonyl (C=O) groups is 2. The summed E-state index contributed by atoms with van der Waals surface area (Å²) in [7, 11) is -3.52. The minimum absolute atomic E-state index is 0.0895. The van der Waals surface area contributed by atoms with Crippen molar-refractivity contribution in [2.24, 2.45) is 0 Å². The van der Waals surface area contributed by atoms with Crippen molar-refractivity contribution in [1.29, 1.82) is 0 Å². The Balaban J connectivity index is 1.44. The highest BCUT2D eigenvalue weighted by Crippen LogP contribution is 2.12. The highest BCUT2D eigenvalue weighted by atomic mass is 32.2. The second-order valence-corrected chi connectivity index (χ2v) is 9.29. The molecule has 2 aromatic rings. The van der Waals surface area contributed by atoms with Crippen LogP contribution in [0, 0.1) is 0 Å². The second-order valence-electron chi connectivity index (χ2n) is 6.52. The van der Waals surface area contributed by atoms with E-state index in [1.54, 1.807) is 23.1 Å². The van der Waals surface area contributed by atoms with Crippen molar-refractivity contribution in [2.45, 2.75) is 6.42 Å². The fraction of sp³-hybridized carbons (Fsp3) is 0.300. The number of piperazine rings is 1. The van der Waals surface area contributed by atoms with Gasteiger partial charge in [0.15, 0.2) is 0 Å². The van der Waals surface area contributed by atoms with Gasteiger partial charge in [-0.05, 0) is 23.1 Å². The lowest BCUT2D eigenvalue weighted by atomic mass is 10.2. The van der Waals surface area contributed by atoms with Gasteiger partial charge in [-0.25, -0.2) is 8.42 Å². The Hall–Kier alpha value is -2.49. The van der Waals surface area contributed by atoms with Crippen molar-refractivity contribution in [1.82, 2.24) is 14.5 Å². The van der Waals surface area contributed by atoms with Crippen molar-refractivity contribution in [3.05, 3.63) is 63.7 Å². The summed E-state index contributed by atoms with van der Waals surface area (Å²) in [5, 5.41) is 5.76. The van der Waals surface area contributed by atoms with E-state index in [1.807, 2.05) is 35.7 Å². The zero-order chi connectivity index (χ0) is 20.7. The molecular formula is C20H23N3O4S2. The van der Waals surface area contributed by atoms with E-state index in [-0.39, 0.29) is 37.9 Å². The van der Waals surface area contributed by atoms with Crippen LogP contribution in [0.25, 0.3) is 6.08 Å². The average molecular weight is 434 g/mol. The van der Waals surface area contributed by atoms with Gasteiger partial charge in [-0.2, -0.15) is 4.31 Å². The molecule has 0 aliphatic carbocycles. The molecule has 1 aliphatic rings. The Morgan fingerprint density at radius 1 is 1.03 bits per heavy atom. The standard InChI is InChI=1S/C20H23N3O4S2/c24-19(8-10-21-20(25)18-7-4-15-28-18)22-11-13-23(14-12-22)29(26,27)16-9-17-5-2-1-3-6-17/h1-7,9,15-16H,8,10-14H2,(H,21,25)/b16-9+. The van der Waals surface area contributed by atoms with Crippen molar-refractivity contribution < 1.29 is 18.0 Å². The molecule has 0 radical (unpaired) electrons. The molecule has 1 aliphatic heterocycles. The van der Waals surface area contributed by atoms with Crippen LogP contribution in [0.4, 0.5) is 0 Å². The third-order valence-electron chi connectivity index (χ3n) is 4.55. The van der Waals surface area contributed by atoms with Crippen molar-refractivity contribution in [3.8, 4) is 0 Å². The van der Waals surface area contributed by atoms with Crippen LogP contribution in [-0.4, -0.2) is 62.2 Å². The van der Waals surface area contributed by atoms with Crippen molar-refractivity contribution >= 4 is 39.3 Å². The fourth-order valence-electron chi connectivity index (χ4n) is 2.94. The van der Waals surface area contributed by atoms with Crippen LogP contribution >= 0.6 is 11.3 Å². The second kappa shape index (κ2) is 9.82. The van der Waals surface area contributed by atoms with Gasteiger partial charge in [-0.15, -0.1) is 11.3 Å². The van der Waals surface area contributed by atoms with E-state index < -0.39 is 10.0 Å². The zero-order valence-corrected chi connectivity index (χ0v) is 17.5. The lowest BCUT2D eigenvalue weighted by Gasteiger charge is -2.33. The molecule has 0 atom stereocenters. The van der Waals surface area contributed by atoms with Crippen LogP contribution in [0.2, 0.25) is 0 Å². The SMILES string of the molecule is O=C(NCCC(=O)N1CCN(S(=O)(=O)/C=C/c2ccccc2)CC1)c1cccs1. The summed E-state index contributed by atoms with van der Waals surface area (Å²) in [6, 6.07) is 12.8. The van der Waals surface area contributed by atoms with Crippen LogP contribution in [0.3, 0.4) is 0 Å². The maximum atomic E-state index is 12.5. The molecule has 7 nitrogen and oxygen atoms in total. The Morgan fingerprint density at radius 2 is 1.76 bits per heavy atom. The third kappa shape index (κ3) is 5.99. The van der Waals surface area contributed by atoms with Crippen LogP contribution in [0.15, 0.2) is 53.3 Å².